The largest absolute Gasteiger partial charge is 0.388 e. The third-order valence-electron chi connectivity index (χ3n) is 3.03. The van der Waals surface area contributed by atoms with Gasteiger partial charge in [-0.25, -0.2) is 9.37 Å². The zero-order chi connectivity index (χ0) is 14.0. The van der Waals surface area contributed by atoms with Gasteiger partial charge in [0.15, 0.2) is 0 Å². The van der Waals surface area contributed by atoms with Crippen LogP contribution in [0.25, 0.3) is 0 Å². The van der Waals surface area contributed by atoms with Crippen molar-refractivity contribution in [3.63, 3.8) is 0 Å². The summed E-state index contributed by atoms with van der Waals surface area (Å²) < 4.78 is 13.7. The molecule has 0 aliphatic rings. The summed E-state index contributed by atoms with van der Waals surface area (Å²) in [5, 5.41) is 10.5. The first-order valence-corrected chi connectivity index (χ1v) is 6.20. The highest BCUT2D eigenvalue weighted by molar-refractivity contribution is 6.31. The first-order chi connectivity index (χ1) is 9.00. The molecule has 0 radical (unpaired) electrons. The quantitative estimate of drug-likeness (QED) is 0.908. The molecule has 1 aromatic carbocycles. The molecule has 0 saturated heterocycles. The standard InChI is InChI=1S/C14H14ClFN2O/c1-8-5-6-18-14(17)13(8)12(19)7-9-10(15)3-2-4-11(9)16/h2-6,12,19H,7H2,1H3,(H2,17,18). The van der Waals surface area contributed by atoms with Crippen molar-refractivity contribution in [2.24, 2.45) is 0 Å². The van der Waals surface area contributed by atoms with Crippen LogP contribution in [0.15, 0.2) is 30.5 Å². The number of aliphatic hydroxyl groups is 1. The van der Waals surface area contributed by atoms with Gasteiger partial charge in [0.1, 0.15) is 11.6 Å². The lowest BCUT2D eigenvalue weighted by Gasteiger charge is -2.16. The van der Waals surface area contributed by atoms with E-state index < -0.39 is 11.9 Å². The third kappa shape index (κ3) is 2.85. The SMILES string of the molecule is Cc1ccnc(N)c1C(O)Cc1c(F)cccc1Cl. The number of nitrogens with two attached hydrogens (primary N) is 1. The Labute approximate surface area is 115 Å². The maximum Gasteiger partial charge on any atom is 0.129 e. The Morgan fingerprint density at radius 2 is 2.16 bits per heavy atom. The minimum atomic E-state index is -0.942. The Balaban J connectivity index is 2.34. The Bertz CT molecular complexity index is 563. The van der Waals surface area contributed by atoms with Crippen LogP contribution in [0.2, 0.25) is 5.02 Å². The van der Waals surface area contributed by atoms with E-state index in [1.807, 2.05) is 6.92 Å². The van der Waals surface area contributed by atoms with Crippen LogP contribution in [0.1, 0.15) is 22.8 Å². The highest BCUT2D eigenvalue weighted by Gasteiger charge is 2.18. The summed E-state index contributed by atoms with van der Waals surface area (Å²) in [7, 11) is 0. The predicted octanol–water partition coefficient (Wildman–Crippen LogP) is 3.04. The molecule has 1 unspecified atom stereocenters. The van der Waals surface area contributed by atoms with Crippen molar-refractivity contribution in [2.45, 2.75) is 19.4 Å². The second-order valence-electron chi connectivity index (χ2n) is 4.35. The topological polar surface area (TPSA) is 59.1 Å². The summed E-state index contributed by atoms with van der Waals surface area (Å²) in [6.45, 7) is 1.82. The summed E-state index contributed by atoms with van der Waals surface area (Å²) in [5.74, 6) is -0.188. The number of nitrogen functional groups attached to an aromatic ring is 1. The molecule has 5 heteroatoms. The summed E-state index contributed by atoms with van der Waals surface area (Å²) in [4.78, 5) is 3.94. The number of nitrogens with zero attached hydrogens (tertiary/aromatic N) is 1. The average molecular weight is 281 g/mol. The number of rotatable bonds is 3. The highest BCUT2D eigenvalue weighted by Crippen LogP contribution is 2.29. The van der Waals surface area contributed by atoms with E-state index in [-0.39, 0.29) is 17.8 Å². The number of pyridine rings is 1. The molecule has 0 amide bonds. The number of aliphatic hydroxyl groups excluding tert-OH is 1. The number of aryl methyl sites for hydroxylation is 1. The molecule has 0 aliphatic heterocycles. The van der Waals surface area contributed by atoms with Gasteiger partial charge in [-0.1, -0.05) is 17.7 Å². The van der Waals surface area contributed by atoms with Crippen LogP contribution in [-0.2, 0) is 6.42 Å². The molecule has 0 fully saturated rings. The van der Waals surface area contributed by atoms with E-state index in [0.717, 1.165) is 5.56 Å². The van der Waals surface area contributed by atoms with Crippen LogP contribution in [0.3, 0.4) is 0 Å². The number of hydrogen-bond donors (Lipinski definition) is 2. The van der Waals surface area contributed by atoms with Crippen LogP contribution in [-0.4, -0.2) is 10.1 Å². The van der Waals surface area contributed by atoms with E-state index in [4.69, 9.17) is 17.3 Å². The molecule has 3 nitrogen and oxygen atoms in total. The van der Waals surface area contributed by atoms with Gasteiger partial charge in [0.05, 0.1) is 6.10 Å². The van der Waals surface area contributed by atoms with Gasteiger partial charge in [-0.05, 0) is 30.7 Å². The molecular weight excluding hydrogens is 267 g/mol. The molecule has 2 rings (SSSR count). The lowest BCUT2D eigenvalue weighted by atomic mass is 9.98. The summed E-state index contributed by atoms with van der Waals surface area (Å²) in [6, 6.07) is 6.18. The summed E-state index contributed by atoms with van der Waals surface area (Å²) in [5.41, 5.74) is 7.36. The van der Waals surface area contributed by atoms with E-state index >= 15 is 0 Å². The van der Waals surface area contributed by atoms with Crippen LogP contribution in [0.5, 0.6) is 0 Å². The summed E-state index contributed by atoms with van der Waals surface area (Å²) in [6.07, 6.45) is 0.683. The Kier molecular flexibility index (Phi) is 4.02. The van der Waals surface area contributed by atoms with Gasteiger partial charge < -0.3 is 10.8 Å². The molecule has 0 aliphatic carbocycles. The maximum absolute atomic E-state index is 13.7. The van der Waals surface area contributed by atoms with E-state index in [1.54, 1.807) is 18.3 Å². The molecule has 1 aromatic heterocycles. The fourth-order valence-electron chi connectivity index (χ4n) is 2.05. The molecule has 0 spiro atoms. The Morgan fingerprint density at radius 3 is 2.79 bits per heavy atom. The van der Waals surface area contributed by atoms with Crippen molar-refractivity contribution < 1.29 is 9.50 Å². The Morgan fingerprint density at radius 1 is 1.42 bits per heavy atom. The van der Waals surface area contributed by atoms with Crippen molar-refractivity contribution in [3.8, 4) is 0 Å². The van der Waals surface area contributed by atoms with Crippen molar-refractivity contribution in [1.29, 1.82) is 0 Å². The van der Waals surface area contributed by atoms with E-state index in [1.165, 1.54) is 12.1 Å². The van der Waals surface area contributed by atoms with Crippen LogP contribution in [0.4, 0.5) is 10.2 Å². The lowest BCUT2D eigenvalue weighted by molar-refractivity contribution is 0.177. The number of halogens is 2. The molecule has 19 heavy (non-hydrogen) atoms. The van der Waals surface area contributed by atoms with Crippen molar-refractivity contribution >= 4 is 17.4 Å². The van der Waals surface area contributed by atoms with Gasteiger partial charge in [-0.3, -0.25) is 0 Å². The van der Waals surface area contributed by atoms with Gasteiger partial charge in [0.2, 0.25) is 0 Å². The highest BCUT2D eigenvalue weighted by atomic mass is 35.5. The van der Waals surface area contributed by atoms with Crippen LogP contribution in [0, 0.1) is 12.7 Å². The van der Waals surface area contributed by atoms with Crippen LogP contribution >= 0.6 is 11.6 Å². The van der Waals surface area contributed by atoms with E-state index in [9.17, 15) is 9.50 Å². The molecule has 3 N–H and O–H groups in total. The predicted molar refractivity (Wildman–Crippen MR) is 73.5 cm³/mol. The average Bonchev–Trinajstić information content (AvgIpc) is 2.34. The summed E-state index contributed by atoms with van der Waals surface area (Å²) >= 11 is 5.94. The number of hydrogen-bond acceptors (Lipinski definition) is 3. The lowest BCUT2D eigenvalue weighted by Crippen LogP contribution is -2.10. The number of anilines is 1. The molecular formula is C14H14ClFN2O. The van der Waals surface area contributed by atoms with E-state index in [2.05, 4.69) is 4.98 Å². The van der Waals surface area contributed by atoms with E-state index in [0.29, 0.717) is 10.6 Å². The third-order valence-corrected chi connectivity index (χ3v) is 3.39. The Hall–Kier alpha value is -1.65. The van der Waals surface area contributed by atoms with Gasteiger partial charge in [0.25, 0.3) is 0 Å². The van der Waals surface area contributed by atoms with Gasteiger partial charge in [0, 0.05) is 28.8 Å². The minimum Gasteiger partial charge on any atom is -0.388 e. The maximum atomic E-state index is 13.7. The van der Waals surface area contributed by atoms with Gasteiger partial charge in [-0.2, -0.15) is 0 Å². The minimum absolute atomic E-state index is 0.0578. The second kappa shape index (κ2) is 5.55. The smallest absolute Gasteiger partial charge is 0.129 e. The molecule has 0 bridgehead atoms. The fraction of sp³-hybridized carbons (Fsp3) is 0.214. The monoisotopic (exact) mass is 280 g/mol. The molecule has 2 aromatic rings. The first kappa shape index (κ1) is 13.8. The van der Waals surface area contributed by atoms with Crippen molar-refractivity contribution in [1.82, 2.24) is 4.98 Å². The van der Waals surface area contributed by atoms with Crippen molar-refractivity contribution in [3.05, 3.63) is 58.0 Å². The second-order valence-corrected chi connectivity index (χ2v) is 4.75. The fourth-order valence-corrected chi connectivity index (χ4v) is 2.29. The first-order valence-electron chi connectivity index (χ1n) is 5.82. The number of aromatic nitrogens is 1. The number of benzene rings is 1. The molecule has 100 valence electrons. The zero-order valence-electron chi connectivity index (χ0n) is 10.4. The normalized spacial score (nSPS) is 12.4. The molecule has 0 saturated carbocycles. The van der Waals surface area contributed by atoms with Gasteiger partial charge >= 0.3 is 0 Å². The zero-order valence-corrected chi connectivity index (χ0v) is 11.2. The molecule has 1 atom stereocenters. The van der Waals surface area contributed by atoms with Crippen molar-refractivity contribution in [2.75, 3.05) is 5.73 Å². The van der Waals surface area contributed by atoms with Crippen LogP contribution < -0.4 is 5.73 Å². The molecule has 1 heterocycles. The van der Waals surface area contributed by atoms with Gasteiger partial charge in [-0.15, -0.1) is 0 Å².